The molecule has 0 aromatic heterocycles. The first-order valence-electron chi connectivity index (χ1n) is 8.49. The van der Waals surface area contributed by atoms with E-state index in [1.165, 1.54) is 11.6 Å². The van der Waals surface area contributed by atoms with E-state index in [1.807, 2.05) is 34.6 Å². The highest BCUT2D eigenvalue weighted by atomic mass is 16.5. The van der Waals surface area contributed by atoms with E-state index in [9.17, 15) is 14.4 Å². The lowest BCUT2D eigenvalue weighted by molar-refractivity contribution is -0.143. The summed E-state index contributed by atoms with van der Waals surface area (Å²) in [6.07, 6.45) is 5.18. The molecule has 1 aliphatic rings. The Morgan fingerprint density at radius 3 is 2.38 bits per heavy atom. The molecule has 0 aliphatic heterocycles. The Morgan fingerprint density at radius 2 is 1.83 bits per heavy atom. The Labute approximate surface area is 144 Å². The van der Waals surface area contributed by atoms with Crippen molar-refractivity contribution < 1.29 is 19.1 Å². The Kier molecular flexibility index (Phi) is 7.33. The summed E-state index contributed by atoms with van der Waals surface area (Å²) in [6.45, 7) is 11.3. The summed E-state index contributed by atoms with van der Waals surface area (Å²) in [5, 5.41) is 0. The highest BCUT2D eigenvalue weighted by molar-refractivity contribution is 6.22. The number of esters is 1. The normalized spacial score (nSPS) is 16.2. The van der Waals surface area contributed by atoms with Crippen molar-refractivity contribution in [1.82, 2.24) is 0 Å². The highest BCUT2D eigenvalue weighted by Crippen LogP contribution is 2.29. The maximum absolute atomic E-state index is 12.4. The van der Waals surface area contributed by atoms with Crippen molar-refractivity contribution in [3.05, 3.63) is 34.6 Å². The van der Waals surface area contributed by atoms with Crippen molar-refractivity contribution >= 4 is 17.5 Å². The number of rotatable bonds is 7. The summed E-state index contributed by atoms with van der Waals surface area (Å²) in [4.78, 5) is 36.8. The molecule has 0 aromatic carbocycles. The molecule has 0 N–H and O–H groups in total. The minimum absolute atomic E-state index is 0.0737. The van der Waals surface area contributed by atoms with Crippen LogP contribution in [0.15, 0.2) is 34.6 Å². The third kappa shape index (κ3) is 5.59. The van der Waals surface area contributed by atoms with Gasteiger partial charge in [0.05, 0.1) is 0 Å². The molecular formula is C20H28O4. The lowest BCUT2D eigenvalue weighted by atomic mass is 9.85. The van der Waals surface area contributed by atoms with Gasteiger partial charge < -0.3 is 4.74 Å². The molecule has 0 bridgehead atoms. The zero-order valence-electron chi connectivity index (χ0n) is 15.6. The molecule has 4 heteroatoms. The van der Waals surface area contributed by atoms with E-state index in [2.05, 4.69) is 6.08 Å². The van der Waals surface area contributed by atoms with Crippen LogP contribution in [0, 0.1) is 11.8 Å². The SMILES string of the molecule is CC(C)=CCC[C@@H](C)C1=C(OC(=O)CC(C)C)C(=O)C(C)=CC1=O. The molecule has 0 saturated carbocycles. The molecule has 0 fully saturated rings. The standard InChI is InChI=1S/C20H28O4/c1-12(2)8-7-9-14(5)18-16(21)11-15(6)19(23)20(18)24-17(22)10-13(3)4/h8,11,13-14H,7,9-10H2,1-6H3/t14-/m1/s1. The zero-order chi connectivity index (χ0) is 18.4. The number of carbonyl (C=O) groups excluding carboxylic acids is 3. The van der Waals surface area contributed by atoms with E-state index >= 15 is 0 Å². The van der Waals surface area contributed by atoms with Gasteiger partial charge in [0.2, 0.25) is 5.78 Å². The molecular weight excluding hydrogens is 304 g/mol. The van der Waals surface area contributed by atoms with Crippen molar-refractivity contribution in [2.45, 2.75) is 60.8 Å². The van der Waals surface area contributed by atoms with Crippen LogP contribution in [-0.2, 0) is 19.1 Å². The highest BCUT2D eigenvalue weighted by Gasteiger charge is 2.32. The van der Waals surface area contributed by atoms with E-state index in [1.54, 1.807) is 6.92 Å². The zero-order valence-corrected chi connectivity index (χ0v) is 15.6. The van der Waals surface area contributed by atoms with E-state index in [-0.39, 0.29) is 35.6 Å². The van der Waals surface area contributed by atoms with Crippen LogP contribution in [0.2, 0.25) is 0 Å². The predicted molar refractivity (Wildman–Crippen MR) is 94.2 cm³/mol. The molecule has 0 aromatic rings. The van der Waals surface area contributed by atoms with Crippen LogP contribution in [0.4, 0.5) is 0 Å². The molecule has 24 heavy (non-hydrogen) atoms. The van der Waals surface area contributed by atoms with E-state index < -0.39 is 5.97 Å². The van der Waals surface area contributed by atoms with Crippen molar-refractivity contribution in [3.8, 4) is 0 Å². The monoisotopic (exact) mass is 332 g/mol. The smallest absolute Gasteiger partial charge is 0.311 e. The van der Waals surface area contributed by atoms with Crippen LogP contribution in [0.5, 0.6) is 0 Å². The van der Waals surface area contributed by atoms with Gasteiger partial charge in [-0.2, -0.15) is 0 Å². The van der Waals surface area contributed by atoms with Gasteiger partial charge in [-0.15, -0.1) is 0 Å². The Bertz CT molecular complexity index is 614. The van der Waals surface area contributed by atoms with Gasteiger partial charge in [0.1, 0.15) is 0 Å². The van der Waals surface area contributed by atoms with Gasteiger partial charge in [0.15, 0.2) is 11.5 Å². The van der Waals surface area contributed by atoms with Crippen LogP contribution < -0.4 is 0 Å². The van der Waals surface area contributed by atoms with E-state index in [0.717, 1.165) is 12.8 Å². The first-order valence-corrected chi connectivity index (χ1v) is 8.49. The maximum atomic E-state index is 12.4. The molecule has 0 spiro atoms. The minimum Gasteiger partial charge on any atom is -0.422 e. The second-order valence-corrected chi connectivity index (χ2v) is 7.10. The maximum Gasteiger partial charge on any atom is 0.311 e. The molecule has 1 atom stereocenters. The summed E-state index contributed by atoms with van der Waals surface area (Å²) in [7, 11) is 0. The Hall–Kier alpha value is -1.97. The van der Waals surface area contributed by atoms with Crippen molar-refractivity contribution in [3.63, 3.8) is 0 Å². The van der Waals surface area contributed by atoms with Crippen molar-refractivity contribution in [2.75, 3.05) is 0 Å². The van der Waals surface area contributed by atoms with E-state index in [0.29, 0.717) is 11.1 Å². The molecule has 0 heterocycles. The third-order valence-corrected chi connectivity index (χ3v) is 3.86. The predicted octanol–water partition coefficient (Wildman–Crippen LogP) is 4.31. The van der Waals surface area contributed by atoms with Crippen LogP contribution in [0.1, 0.15) is 60.8 Å². The number of carbonyl (C=O) groups is 3. The largest absolute Gasteiger partial charge is 0.422 e. The molecule has 0 unspecified atom stereocenters. The summed E-state index contributed by atoms with van der Waals surface area (Å²) in [5.41, 5.74) is 1.85. The van der Waals surface area contributed by atoms with Gasteiger partial charge in [-0.25, -0.2) is 0 Å². The van der Waals surface area contributed by atoms with Crippen LogP contribution in [-0.4, -0.2) is 17.5 Å². The van der Waals surface area contributed by atoms with Gasteiger partial charge in [-0.05, 0) is 51.5 Å². The topological polar surface area (TPSA) is 60.4 Å². The van der Waals surface area contributed by atoms with Crippen molar-refractivity contribution in [2.24, 2.45) is 11.8 Å². The first-order chi connectivity index (χ1) is 11.1. The summed E-state index contributed by atoms with van der Waals surface area (Å²) in [6, 6.07) is 0. The van der Waals surface area contributed by atoms with Crippen LogP contribution in [0.3, 0.4) is 0 Å². The molecule has 132 valence electrons. The lowest BCUT2D eigenvalue weighted by Crippen LogP contribution is -2.25. The minimum atomic E-state index is -0.468. The van der Waals surface area contributed by atoms with Gasteiger partial charge in [-0.3, -0.25) is 14.4 Å². The number of ether oxygens (including phenoxy) is 1. The third-order valence-electron chi connectivity index (χ3n) is 3.86. The van der Waals surface area contributed by atoms with Gasteiger partial charge >= 0.3 is 5.97 Å². The molecule has 1 rings (SSSR count). The number of hydrogen-bond donors (Lipinski definition) is 0. The molecule has 0 amide bonds. The van der Waals surface area contributed by atoms with Crippen molar-refractivity contribution in [1.29, 1.82) is 0 Å². The molecule has 0 radical (unpaired) electrons. The molecule has 0 saturated heterocycles. The fourth-order valence-electron chi connectivity index (χ4n) is 2.58. The average molecular weight is 332 g/mol. The van der Waals surface area contributed by atoms with Gasteiger partial charge in [0, 0.05) is 17.6 Å². The summed E-state index contributed by atoms with van der Waals surface area (Å²) >= 11 is 0. The second-order valence-electron chi connectivity index (χ2n) is 7.10. The summed E-state index contributed by atoms with van der Waals surface area (Å²) in [5.74, 6) is -1.16. The second kappa shape index (κ2) is 8.76. The summed E-state index contributed by atoms with van der Waals surface area (Å²) < 4.78 is 5.33. The van der Waals surface area contributed by atoms with Crippen LogP contribution in [0.25, 0.3) is 0 Å². The fraction of sp³-hybridized carbons (Fsp3) is 0.550. The number of allylic oxidation sites excluding steroid dienone is 5. The molecule has 1 aliphatic carbocycles. The lowest BCUT2D eigenvalue weighted by Gasteiger charge is -2.21. The fourth-order valence-corrected chi connectivity index (χ4v) is 2.58. The Morgan fingerprint density at radius 1 is 1.21 bits per heavy atom. The Balaban J connectivity index is 3.08. The van der Waals surface area contributed by atoms with E-state index in [4.69, 9.17) is 4.74 Å². The first kappa shape index (κ1) is 20.1. The number of ketones is 2. The molecule has 4 nitrogen and oxygen atoms in total. The van der Waals surface area contributed by atoms with Gasteiger partial charge in [-0.1, -0.05) is 32.4 Å². The quantitative estimate of drug-likeness (QED) is 0.396. The number of Topliss-reactive ketones (excluding diaryl/α,β-unsaturated/α-hetero) is 1. The number of hydrogen-bond acceptors (Lipinski definition) is 4. The van der Waals surface area contributed by atoms with Gasteiger partial charge in [0.25, 0.3) is 0 Å². The average Bonchev–Trinajstić information content (AvgIpc) is 2.43. The van der Waals surface area contributed by atoms with Crippen LogP contribution >= 0.6 is 0 Å².